The summed E-state index contributed by atoms with van der Waals surface area (Å²) in [6.07, 6.45) is 0. The van der Waals surface area contributed by atoms with Crippen LogP contribution in [0.15, 0.2) is 57.6 Å². The van der Waals surface area contributed by atoms with E-state index in [0.29, 0.717) is 17.1 Å². The van der Waals surface area contributed by atoms with E-state index in [2.05, 4.69) is 10.2 Å². The number of aryl methyl sites for hydroxylation is 1. The second-order valence-corrected chi connectivity index (χ2v) is 6.89. The Balaban J connectivity index is 2.19. The van der Waals surface area contributed by atoms with E-state index in [1.807, 2.05) is 6.92 Å². The van der Waals surface area contributed by atoms with E-state index in [0.717, 1.165) is 5.56 Å². The summed E-state index contributed by atoms with van der Waals surface area (Å²) in [5, 5.41) is 17.0. The van der Waals surface area contributed by atoms with Gasteiger partial charge in [0.25, 0.3) is 0 Å². The molecule has 0 aliphatic carbocycles. The normalized spacial score (nSPS) is 11.9. The number of aliphatic hydroxyl groups excluding tert-OH is 1. The maximum absolute atomic E-state index is 11.8. The predicted octanol–water partition coefficient (Wildman–Crippen LogP) is 2.76. The summed E-state index contributed by atoms with van der Waals surface area (Å²) in [5.74, 6) is -0.293. The summed E-state index contributed by atoms with van der Waals surface area (Å²) >= 11 is 0. The van der Waals surface area contributed by atoms with Crippen LogP contribution in [0.4, 0.5) is 17.1 Å². The maximum Gasteiger partial charge on any atom is 0.180 e. The molecule has 0 atom stereocenters. The van der Waals surface area contributed by atoms with Gasteiger partial charge in [-0.15, -0.1) is 0 Å². The first kappa shape index (κ1) is 16.1. The number of rotatable bonds is 5. The van der Waals surface area contributed by atoms with Crippen molar-refractivity contribution in [2.45, 2.75) is 11.8 Å². The monoisotopic (exact) mass is 319 g/mol. The van der Waals surface area contributed by atoms with Crippen molar-refractivity contribution >= 4 is 26.9 Å². The van der Waals surface area contributed by atoms with Gasteiger partial charge in [-0.05, 0) is 55.0 Å². The molecule has 0 unspecified atom stereocenters. The number of hydrogen-bond acceptors (Lipinski definition) is 6. The van der Waals surface area contributed by atoms with Crippen LogP contribution >= 0.6 is 0 Å². The number of aliphatic hydroxyl groups is 1. The van der Waals surface area contributed by atoms with Gasteiger partial charge in [-0.1, -0.05) is 0 Å². The van der Waals surface area contributed by atoms with Crippen molar-refractivity contribution in [3.8, 4) is 0 Å². The summed E-state index contributed by atoms with van der Waals surface area (Å²) in [4.78, 5) is 0.157. The molecule has 0 aliphatic rings. The van der Waals surface area contributed by atoms with Gasteiger partial charge in [0.2, 0.25) is 0 Å². The maximum atomic E-state index is 11.8. The molecule has 6 nitrogen and oxygen atoms in total. The van der Waals surface area contributed by atoms with Crippen LogP contribution in [0.3, 0.4) is 0 Å². The zero-order valence-corrected chi connectivity index (χ0v) is 12.9. The lowest BCUT2D eigenvalue weighted by Crippen LogP contribution is -2.09. The lowest BCUT2D eigenvalue weighted by atomic mass is 10.2. The van der Waals surface area contributed by atoms with Gasteiger partial charge in [0.15, 0.2) is 9.84 Å². The van der Waals surface area contributed by atoms with E-state index in [1.165, 1.54) is 12.1 Å². The van der Waals surface area contributed by atoms with Crippen LogP contribution in [0.2, 0.25) is 0 Å². The number of nitrogen functional groups attached to an aromatic ring is 1. The Morgan fingerprint density at radius 2 is 1.77 bits per heavy atom. The van der Waals surface area contributed by atoms with Gasteiger partial charge in [0.1, 0.15) is 0 Å². The summed E-state index contributed by atoms with van der Waals surface area (Å²) < 4.78 is 23.5. The molecule has 0 saturated carbocycles. The van der Waals surface area contributed by atoms with Crippen molar-refractivity contribution < 1.29 is 13.5 Å². The molecule has 0 bridgehead atoms. The number of anilines is 1. The highest BCUT2D eigenvalue weighted by Crippen LogP contribution is 2.24. The van der Waals surface area contributed by atoms with Crippen molar-refractivity contribution in [2.24, 2.45) is 10.2 Å². The Kier molecular flexibility index (Phi) is 4.89. The molecule has 0 radical (unpaired) electrons. The van der Waals surface area contributed by atoms with Crippen LogP contribution in [0.25, 0.3) is 0 Å². The molecule has 22 heavy (non-hydrogen) atoms. The number of nitrogens with zero attached hydrogens (tertiary/aromatic N) is 2. The Morgan fingerprint density at radius 1 is 1.09 bits per heavy atom. The third-order valence-corrected chi connectivity index (χ3v) is 4.76. The Bertz CT molecular complexity index is 784. The molecule has 116 valence electrons. The van der Waals surface area contributed by atoms with Gasteiger partial charge in [0.05, 0.1) is 28.6 Å². The van der Waals surface area contributed by atoms with Crippen LogP contribution in [0, 0.1) is 6.92 Å². The zero-order valence-electron chi connectivity index (χ0n) is 12.1. The topological polar surface area (TPSA) is 105 Å². The van der Waals surface area contributed by atoms with Crippen LogP contribution in [-0.4, -0.2) is 25.9 Å². The van der Waals surface area contributed by atoms with Crippen LogP contribution in [-0.2, 0) is 9.84 Å². The Morgan fingerprint density at radius 3 is 2.36 bits per heavy atom. The van der Waals surface area contributed by atoms with Crippen molar-refractivity contribution in [1.82, 2.24) is 0 Å². The first-order valence-electron chi connectivity index (χ1n) is 6.64. The first-order chi connectivity index (χ1) is 10.4. The second kappa shape index (κ2) is 6.67. The smallest absolute Gasteiger partial charge is 0.180 e. The molecule has 7 heteroatoms. The summed E-state index contributed by atoms with van der Waals surface area (Å²) in [7, 11) is -3.44. The quantitative estimate of drug-likeness (QED) is 0.653. The van der Waals surface area contributed by atoms with Crippen molar-refractivity contribution in [2.75, 3.05) is 18.1 Å². The minimum Gasteiger partial charge on any atom is -0.399 e. The Labute approximate surface area is 129 Å². The Hall–Kier alpha value is -2.25. The fourth-order valence-electron chi connectivity index (χ4n) is 1.86. The number of nitrogens with two attached hydrogens (primary N) is 1. The van der Waals surface area contributed by atoms with E-state index in [-0.39, 0.29) is 10.6 Å². The van der Waals surface area contributed by atoms with Crippen molar-refractivity contribution in [3.05, 3.63) is 48.0 Å². The average Bonchev–Trinajstić information content (AvgIpc) is 2.47. The van der Waals surface area contributed by atoms with E-state index in [1.54, 1.807) is 30.3 Å². The summed E-state index contributed by atoms with van der Waals surface area (Å²) in [6.45, 7) is 1.48. The number of hydrogen-bond donors (Lipinski definition) is 2. The second-order valence-electron chi connectivity index (χ2n) is 4.78. The molecule has 3 N–H and O–H groups in total. The minimum atomic E-state index is -3.44. The van der Waals surface area contributed by atoms with E-state index in [4.69, 9.17) is 10.8 Å². The van der Waals surface area contributed by atoms with Gasteiger partial charge in [-0.25, -0.2) is 8.42 Å². The van der Waals surface area contributed by atoms with Crippen LogP contribution in [0.5, 0.6) is 0 Å². The molecule has 2 aromatic carbocycles. The molecule has 0 saturated heterocycles. The SMILES string of the molecule is Cc1cc(N)ccc1N=Nc1ccc(S(=O)(=O)CCO)cc1. The number of benzene rings is 2. The van der Waals surface area contributed by atoms with Crippen LogP contribution in [0.1, 0.15) is 5.56 Å². The predicted molar refractivity (Wildman–Crippen MR) is 85.3 cm³/mol. The van der Waals surface area contributed by atoms with Gasteiger partial charge in [0, 0.05) is 5.69 Å². The van der Waals surface area contributed by atoms with Gasteiger partial charge in [-0.2, -0.15) is 10.2 Å². The lowest BCUT2D eigenvalue weighted by molar-refractivity contribution is 0.319. The molecule has 0 amide bonds. The molecule has 0 aromatic heterocycles. The molecule has 0 heterocycles. The van der Waals surface area contributed by atoms with Gasteiger partial charge >= 0.3 is 0 Å². The third-order valence-electron chi connectivity index (χ3n) is 3.05. The number of sulfone groups is 1. The fraction of sp³-hybridized carbons (Fsp3) is 0.200. The van der Waals surface area contributed by atoms with Gasteiger partial charge in [-0.3, -0.25) is 0 Å². The number of azo groups is 1. The molecule has 2 aromatic rings. The molecule has 2 rings (SSSR count). The molecular weight excluding hydrogens is 302 g/mol. The summed E-state index contributed by atoms with van der Waals surface area (Å²) in [5.41, 5.74) is 8.48. The van der Waals surface area contributed by atoms with Gasteiger partial charge < -0.3 is 10.8 Å². The van der Waals surface area contributed by atoms with Crippen molar-refractivity contribution in [1.29, 1.82) is 0 Å². The highest BCUT2D eigenvalue weighted by atomic mass is 32.2. The van der Waals surface area contributed by atoms with E-state index >= 15 is 0 Å². The van der Waals surface area contributed by atoms with E-state index < -0.39 is 16.4 Å². The minimum absolute atomic E-state index is 0.157. The molecular formula is C15H17N3O3S. The summed E-state index contributed by atoms with van der Waals surface area (Å²) in [6, 6.07) is 11.4. The van der Waals surface area contributed by atoms with Crippen LogP contribution < -0.4 is 5.73 Å². The first-order valence-corrected chi connectivity index (χ1v) is 8.29. The van der Waals surface area contributed by atoms with Crippen molar-refractivity contribution in [3.63, 3.8) is 0 Å². The zero-order chi connectivity index (χ0) is 16.2. The third kappa shape index (κ3) is 3.90. The standard InChI is InChI=1S/C15H17N3O3S/c1-11-10-12(16)2-7-15(11)18-17-13-3-5-14(6-4-13)22(20,21)9-8-19/h2-7,10,19H,8-9,16H2,1H3. The highest BCUT2D eigenvalue weighted by molar-refractivity contribution is 7.91. The van der Waals surface area contributed by atoms with E-state index in [9.17, 15) is 8.42 Å². The largest absolute Gasteiger partial charge is 0.399 e. The fourth-order valence-corrected chi connectivity index (χ4v) is 2.89. The molecule has 0 aliphatic heterocycles. The lowest BCUT2D eigenvalue weighted by Gasteiger charge is -2.02. The molecule has 0 spiro atoms. The average molecular weight is 319 g/mol. The highest BCUT2D eigenvalue weighted by Gasteiger charge is 2.12. The molecule has 0 fully saturated rings.